The molecule has 0 radical (unpaired) electrons. The van der Waals surface area contributed by atoms with Gasteiger partial charge in [-0.2, -0.15) is 0 Å². The lowest BCUT2D eigenvalue weighted by atomic mass is 10.1. The third-order valence-electron chi connectivity index (χ3n) is 4.46. The Balaban J connectivity index is 1.88. The number of amides is 1. The molecule has 138 valence electrons. The van der Waals surface area contributed by atoms with Crippen molar-refractivity contribution in [3.05, 3.63) is 60.2 Å². The van der Waals surface area contributed by atoms with Crippen molar-refractivity contribution in [3.8, 4) is 11.5 Å². The minimum Gasteiger partial charge on any atom is -0.457 e. The maximum Gasteiger partial charge on any atom is 0.257 e. The van der Waals surface area contributed by atoms with Crippen molar-refractivity contribution >= 4 is 15.7 Å². The topological polar surface area (TPSA) is 63.7 Å². The molecule has 26 heavy (non-hydrogen) atoms. The lowest BCUT2D eigenvalue weighted by Crippen LogP contribution is -2.41. The van der Waals surface area contributed by atoms with E-state index in [1.54, 1.807) is 23.1 Å². The van der Waals surface area contributed by atoms with E-state index in [9.17, 15) is 13.2 Å². The molecule has 0 bridgehead atoms. The fraction of sp³-hybridized carbons (Fsp3) is 0.350. The zero-order valence-corrected chi connectivity index (χ0v) is 15.6. The highest BCUT2D eigenvalue weighted by atomic mass is 32.2. The molecule has 0 unspecified atom stereocenters. The Kier molecular flexibility index (Phi) is 5.61. The molecule has 0 N–H and O–H groups in total. The molecule has 5 nitrogen and oxygen atoms in total. The van der Waals surface area contributed by atoms with Crippen molar-refractivity contribution in [2.24, 2.45) is 0 Å². The van der Waals surface area contributed by atoms with Gasteiger partial charge in [-0.3, -0.25) is 4.79 Å². The number of hydrogen-bond donors (Lipinski definition) is 0. The van der Waals surface area contributed by atoms with Gasteiger partial charge in [0.2, 0.25) is 0 Å². The Morgan fingerprint density at radius 1 is 1.12 bits per heavy atom. The molecule has 0 spiro atoms. The molecular formula is C20H23NO4S. The standard InChI is InChI=1S/C20H23NO4S/c1-2-13-21(16-12-14-26(23,24)15-16)20(22)18-10-6-7-11-19(18)25-17-8-4-3-5-9-17/h3-11,16H,2,12-15H2,1H3/t16-/m0/s1. The summed E-state index contributed by atoms with van der Waals surface area (Å²) < 4.78 is 29.6. The van der Waals surface area contributed by atoms with Gasteiger partial charge in [-0.05, 0) is 37.1 Å². The average molecular weight is 373 g/mol. The Bertz CT molecular complexity index is 864. The molecule has 0 aromatic heterocycles. The molecule has 1 aliphatic heterocycles. The Morgan fingerprint density at radius 2 is 1.81 bits per heavy atom. The summed E-state index contributed by atoms with van der Waals surface area (Å²) in [6.07, 6.45) is 1.26. The first-order valence-electron chi connectivity index (χ1n) is 8.83. The number of para-hydroxylation sites is 2. The fourth-order valence-electron chi connectivity index (χ4n) is 3.21. The molecule has 1 fully saturated rings. The van der Waals surface area contributed by atoms with Crippen LogP contribution in [0.3, 0.4) is 0 Å². The van der Waals surface area contributed by atoms with Crippen LogP contribution in [-0.4, -0.2) is 43.3 Å². The van der Waals surface area contributed by atoms with E-state index in [1.165, 1.54) is 0 Å². The van der Waals surface area contributed by atoms with Crippen LogP contribution in [0.25, 0.3) is 0 Å². The molecule has 1 heterocycles. The molecular weight excluding hydrogens is 350 g/mol. The number of rotatable bonds is 6. The van der Waals surface area contributed by atoms with Gasteiger partial charge in [-0.25, -0.2) is 8.42 Å². The van der Waals surface area contributed by atoms with E-state index in [-0.39, 0.29) is 23.5 Å². The summed E-state index contributed by atoms with van der Waals surface area (Å²) in [6, 6.07) is 16.1. The van der Waals surface area contributed by atoms with E-state index in [2.05, 4.69) is 0 Å². The van der Waals surface area contributed by atoms with Gasteiger partial charge in [0, 0.05) is 12.6 Å². The summed E-state index contributed by atoms with van der Waals surface area (Å²) in [5.41, 5.74) is 0.453. The Hall–Kier alpha value is -2.34. The minimum atomic E-state index is -3.06. The predicted molar refractivity (Wildman–Crippen MR) is 101 cm³/mol. The number of hydrogen-bond acceptors (Lipinski definition) is 4. The maximum atomic E-state index is 13.2. The van der Waals surface area contributed by atoms with Crippen LogP contribution in [-0.2, 0) is 9.84 Å². The van der Waals surface area contributed by atoms with Crippen LogP contribution >= 0.6 is 0 Å². The first-order chi connectivity index (χ1) is 12.5. The summed E-state index contributed by atoms with van der Waals surface area (Å²) in [7, 11) is -3.06. The van der Waals surface area contributed by atoms with Crippen LogP contribution in [0.15, 0.2) is 54.6 Å². The second-order valence-corrected chi connectivity index (χ2v) is 8.70. The van der Waals surface area contributed by atoms with Crippen molar-refractivity contribution in [1.82, 2.24) is 4.90 Å². The lowest BCUT2D eigenvalue weighted by molar-refractivity contribution is 0.0694. The van der Waals surface area contributed by atoms with E-state index < -0.39 is 9.84 Å². The second kappa shape index (κ2) is 7.91. The zero-order valence-electron chi connectivity index (χ0n) is 14.8. The first-order valence-corrected chi connectivity index (χ1v) is 10.7. The number of nitrogens with zero attached hydrogens (tertiary/aromatic N) is 1. The molecule has 0 saturated carbocycles. The number of sulfone groups is 1. The number of benzene rings is 2. The first kappa shape index (κ1) is 18.5. The van der Waals surface area contributed by atoms with E-state index in [0.717, 1.165) is 6.42 Å². The summed E-state index contributed by atoms with van der Waals surface area (Å²) in [4.78, 5) is 14.9. The molecule has 1 amide bonds. The van der Waals surface area contributed by atoms with Gasteiger partial charge in [-0.1, -0.05) is 37.3 Å². The second-order valence-electron chi connectivity index (χ2n) is 6.47. The lowest BCUT2D eigenvalue weighted by Gasteiger charge is -2.28. The smallest absolute Gasteiger partial charge is 0.257 e. The third-order valence-corrected chi connectivity index (χ3v) is 6.21. The van der Waals surface area contributed by atoms with Crippen molar-refractivity contribution < 1.29 is 17.9 Å². The summed E-state index contributed by atoms with van der Waals surface area (Å²) in [5.74, 6) is 1.14. The van der Waals surface area contributed by atoms with Crippen LogP contribution in [0.4, 0.5) is 0 Å². The average Bonchev–Trinajstić information content (AvgIpc) is 3.00. The summed E-state index contributed by atoms with van der Waals surface area (Å²) >= 11 is 0. The van der Waals surface area contributed by atoms with Crippen molar-refractivity contribution in [2.45, 2.75) is 25.8 Å². The van der Waals surface area contributed by atoms with Gasteiger partial charge in [0.15, 0.2) is 9.84 Å². The highest BCUT2D eigenvalue weighted by Gasteiger charge is 2.35. The zero-order chi connectivity index (χ0) is 18.6. The number of ether oxygens (including phenoxy) is 1. The van der Waals surface area contributed by atoms with Crippen LogP contribution in [0.1, 0.15) is 30.1 Å². The summed E-state index contributed by atoms with van der Waals surface area (Å²) in [6.45, 7) is 2.51. The fourth-order valence-corrected chi connectivity index (χ4v) is 4.95. The molecule has 1 saturated heterocycles. The van der Waals surface area contributed by atoms with Crippen molar-refractivity contribution in [1.29, 1.82) is 0 Å². The molecule has 6 heteroatoms. The van der Waals surface area contributed by atoms with Crippen molar-refractivity contribution in [3.63, 3.8) is 0 Å². The van der Waals surface area contributed by atoms with Crippen molar-refractivity contribution in [2.75, 3.05) is 18.1 Å². The Labute approximate surface area is 154 Å². The number of carbonyl (C=O) groups is 1. The van der Waals surface area contributed by atoms with Crippen LogP contribution in [0.2, 0.25) is 0 Å². The highest BCUT2D eigenvalue weighted by molar-refractivity contribution is 7.91. The van der Waals surface area contributed by atoms with Gasteiger partial charge in [0.05, 0.1) is 17.1 Å². The van der Waals surface area contributed by atoms with Crippen LogP contribution < -0.4 is 4.74 Å². The summed E-state index contributed by atoms with van der Waals surface area (Å²) in [5, 5.41) is 0. The molecule has 3 rings (SSSR count). The normalized spacial score (nSPS) is 18.4. The van der Waals surface area contributed by atoms with Gasteiger partial charge >= 0.3 is 0 Å². The quantitative estimate of drug-likeness (QED) is 0.777. The van der Waals surface area contributed by atoms with E-state index >= 15 is 0 Å². The van der Waals surface area contributed by atoms with E-state index in [0.29, 0.717) is 30.0 Å². The van der Waals surface area contributed by atoms with Crippen LogP contribution in [0, 0.1) is 0 Å². The monoisotopic (exact) mass is 373 g/mol. The SMILES string of the molecule is CCCN(C(=O)c1ccccc1Oc1ccccc1)[C@H]1CCS(=O)(=O)C1. The minimum absolute atomic E-state index is 0.0421. The third kappa shape index (κ3) is 4.25. The van der Waals surface area contributed by atoms with Gasteiger partial charge in [-0.15, -0.1) is 0 Å². The molecule has 1 atom stereocenters. The predicted octanol–water partition coefficient (Wildman–Crippen LogP) is 3.52. The number of carbonyl (C=O) groups excluding carboxylic acids is 1. The van der Waals surface area contributed by atoms with Crippen LogP contribution in [0.5, 0.6) is 11.5 Å². The van der Waals surface area contributed by atoms with E-state index in [1.807, 2.05) is 43.3 Å². The van der Waals surface area contributed by atoms with E-state index in [4.69, 9.17) is 4.74 Å². The van der Waals surface area contributed by atoms with Gasteiger partial charge < -0.3 is 9.64 Å². The molecule has 1 aliphatic rings. The highest BCUT2D eigenvalue weighted by Crippen LogP contribution is 2.28. The van der Waals surface area contributed by atoms with Gasteiger partial charge in [0.1, 0.15) is 11.5 Å². The molecule has 2 aromatic rings. The Morgan fingerprint density at radius 3 is 2.46 bits per heavy atom. The maximum absolute atomic E-state index is 13.2. The largest absolute Gasteiger partial charge is 0.457 e. The molecule has 2 aromatic carbocycles. The molecule has 0 aliphatic carbocycles. The van der Waals surface area contributed by atoms with Gasteiger partial charge in [0.25, 0.3) is 5.91 Å².